The highest BCUT2D eigenvalue weighted by molar-refractivity contribution is 14.0. The van der Waals surface area contributed by atoms with E-state index in [1.54, 1.807) is 17.4 Å². The zero-order chi connectivity index (χ0) is 18.1. The Balaban J connectivity index is 0.00000338. The number of hydrogen-bond donors (Lipinski definition) is 2. The van der Waals surface area contributed by atoms with E-state index in [0.717, 1.165) is 19.5 Å². The molecule has 0 saturated heterocycles. The number of thiophene rings is 1. The maximum absolute atomic E-state index is 13.8. The lowest BCUT2D eigenvalue weighted by Crippen LogP contribution is -2.39. The van der Waals surface area contributed by atoms with Crippen molar-refractivity contribution < 1.29 is 4.39 Å². The molecule has 0 aliphatic heterocycles. The summed E-state index contributed by atoms with van der Waals surface area (Å²) < 4.78 is 13.8. The van der Waals surface area contributed by atoms with Crippen LogP contribution in [-0.4, -0.2) is 19.0 Å². The Hall–Kier alpha value is -1.66. The normalized spacial score (nSPS) is 12.0. The van der Waals surface area contributed by atoms with Gasteiger partial charge in [0.1, 0.15) is 5.82 Å². The van der Waals surface area contributed by atoms with Crippen molar-refractivity contribution in [1.29, 1.82) is 5.26 Å². The van der Waals surface area contributed by atoms with E-state index in [9.17, 15) is 4.39 Å². The molecule has 0 bridgehead atoms. The molecule has 0 aliphatic carbocycles. The summed E-state index contributed by atoms with van der Waals surface area (Å²) in [4.78, 5) is 5.80. The van der Waals surface area contributed by atoms with Gasteiger partial charge in [-0.2, -0.15) is 5.26 Å². The highest BCUT2D eigenvalue weighted by Gasteiger charge is 2.07. The third-order valence-electron chi connectivity index (χ3n) is 3.67. The van der Waals surface area contributed by atoms with E-state index in [2.05, 4.69) is 40.1 Å². The minimum atomic E-state index is -0.343. The van der Waals surface area contributed by atoms with Gasteiger partial charge in [0.2, 0.25) is 0 Å². The molecule has 1 atom stereocenters. The van der Waals surface area contributed by atoms with Crippen molar-refractivity contribution >= 4 is 41.3 Å². The minimum Gasteiger partial charge on any atom is -0.357 e. The Labute approximate surface area is 175 Å². The van der Waals surface area contributed by atoms with Crippen molar-refractivity contribution in [2.45, 2.75) is 26.8 Å². The summed E-state index contributed by atoms with van der Waals surface area (Å²) in [5, 5.41) is 17.5. The highest BCUT2D eigenvalue weighted by atomic mass is 127. The Kier molecular flexibility index (Phi) is 10.2. The van der Waals surface area contributed by atoms with E-state index in [-0.39, 0.29) is 36.3 Å². The number of aliphatic imine (C=N–C) groups is 1. The number of nitrogens with zero attached hydrogens (tertiary/aromatic N) is 2. The molecule has 1 heterocycles. The molecule has 0 fully saturated rings. The van der Waals surface area contributed by atoms with Crippen LogP contribution in [0.1, 0.15) is 29.9 Å². The smallest absolute Gasteiger partial charge is 0.191 e. The molecular weight excluding hydrogens is 462 g/mol. The molecule has 140 valence electrons. The van der Waals surface area contributed by atoms with Crippen molar-refractivity contribution in [3.63, 3.8) is 0 Å². The van der Waals surface area contributed by atoms with E-state index in [1.807, 2.05) is 13.0 Å². The van der Waals surface area contributed by atoms with Crippen LogP contribution in [0.2, 0.25) is 0 Å². The molecule has 2 rings (SSSR count). The third-order valence-corrected chi connectivity index (χ3v) is 4.57. The van der Waals surface area contributed by atoms with Gasteiger partial charge in [0.05, 0.1) is 18.2 Å². The fraction of sp³-hybridized carbons (Fsp3) is 0.368. The first kappa shape index (κ1) is 22.4. The average molecular weight is 486 g/mol. The molecule has 0 radical (unpaired) electrons. The quantitative estimate of drug-likeness (QED) is 0.349. The molecule has 26 heavy (non-hydrogen) atoms. The Bertz CT molecular complexity index is 740. The monoisotopic (exact) mass is 486 g/mol. The first-order valence-corrected chi connectivity index (χ1v) is 9.23. The summed E-state index contributed by atoms with van der Waals surface area (Å²) in [5.41, 5.74) is 0.858. The number of nitrogens with one attached hydrogen (secondary N) is 2. The van der Waals surface area contributed by atoms with Gasteiger partial charge in [0.15, 0.2) is 5.96 Å². The molecule has 0 aliphatic rings. The first-order valence-electron chi connectivity index (χ1n) is 8.35. The fourth-order valence-electron chi connectivity index (χ4n) is 2.39. The maximum Gasteiger partial charge on any atom is 0.191 e. The van der Waals surface area contributed by atoms with E-state index >= 15 is 0 Å². The molecule has 4 nitrogen and oxygen atoms in total. The molecule has 0 saturated carbocycles. The third kappa shape index (κ3) is 7.30. The second kappa shape index (κ2) is 11.9. The molecule has 2 N–H and O–H groups in total. The van der Waals surface area contributed by atoms with Crippen LogP contribution in [0.15, 0.2) is 40.7 Å². The molecule has 1 aromatic carbocycles. The van der Waals surface area contributed by atoms with E-state index in [0.29, 0.717) is 23.0 Å². The van der Waals surface area contributed by atoms with Gasteiger partial charge in [-0.25, -0.2) is 9.38 Å². The fourth-order valence-corrected chi connectivity index (χ4v) is 3.26. The second-order valence-electron chi connectivity index (χ2n) is 5.88. The van der Waals surface area contributed by atoms with Crippen LogP contribution in [0.3, 0.4) is 0 Å². The van der Waals surface area contributed by atoms with Gasteiger partial charge in [-0.15, -0.1) is 35.3 Å². The predicted octanol–water partition coefficient (Wildman–Crippen LogP) is 4.31. The molecule has 1 unspecified atom stereocenters. The summed E-state index contributed by atoms with van der Waals surface area (Å²) in [5.74, 6) is 0.771. The number of nitriles is 1. The van der Waals surface area contributed by atoms with Crippen molar-refractivity contribution in [1.82, 2.24) is 10.6 Å². The Morgan fingerprint density at radius 1 is 1.35 bits per heavy atom. The maximum atomic E-state index is 13.8. The predicted molar refractivity (Wildman–Crippen MR) is 117 cm³/mol. The highest BCUT2D eigenvalue weighted by Crippen LogP contribution is 2.14. The second-order valence-corrected chi connectivity index (χ2v) is 6.91. The molecule has 0 spiro atoms. The van der Waals surface area contributed by atoms with Crippen LogP contribution in [0.5, 0.6) is 0 Å². The molecule has 1 aromatic heterocycles. The van der Waals surface area contributed by atoms with Gasteiger partial charge >= 0.3 is 0 Å². The molecule has 7 heteroatoms. The lowest BCUT2D eigenvalue weighted by Gasteiger charge is -2.15. The standard InChI is InChI=1S/C19H23FN4S.HI/c1-3-22-19(23-12-14(2)9-17-5-4-8-25-17)24-13-16-10-15(11-21)6-7-18(16)20;/h4-8,10,14H,3,9,12-13H2,1-2H3,(H2,22,23,24);1H. The lowest BCUT2D eigenvalue weighted by atomic mass is 10.1. The average Bonchev–Trinajstić information content (AvgIpc) is 3.11. The van der Waals surface area contributed by atoms with Crippen LogP contribution in [0.25, 0.3) is 0 Å². The summed E-state index contributed by atoms with van der Waals surface area (Å²) in [6.45, 7) is 5.88. The van der Waals surface area contributed by atoms with Crippen LogP contribution in [0, 0.1) is 23.1 Å². The van der Waals surface area contributed by atoms with Crippen molar-refractivity contribution in [2.75, 3.05) is 13.1 Å². The van der Waals surface area contributed by atoms with Crippen molar-refractivity contribution in [3.8, 4) is 6.07 Å². The topological polar surface area (TPSA) is 60.2 Å². The number of guanidine groups is 1. The Morgan fingerprint density at radius 2 is 2.15 bits per heavy atom. The summed E-state index contributed by atoms with van der Waals surface area (Å²) in [6.07, 6.45) is 1.02. The molecule has 0 amide bonds. The Morgan fingerprint density at radius 3 is 2.81 bits per heavy atom. The van der Waals surface area contributed by atoms with Gasteiger partial charge in [0, 0.05) is 23.5 Å². The van der Waals surface area contributed by atoms with Gasteiger partial charge in [-0.1, -0.05) is 13.0 Å². The number of benzene rings is 1. The zero-order valence-electron chi connectivity index (χ0n) is 15.0. The van der Waals surface area contributed by atoms with E-state index in [4.69, 9.17) is 5.26 Å². The molecular formula is C19H24FIN4S. The van der Waals surface area contributed by atoms with Gasteiger partial charge < -0.3 is 10.6 Å². The van der Waals surface area contributed by atoms with Gasteiger partial charge in [0.25, 0.3) is 0 Å². The summed E-state index contributed by atoms with van der Waals surface area (Å²) in [7, 11) is 0. The lowest BCUT2D eigenvalue weighted by molar-refractivity contribution is 0.561. The summed E-state index contributed by atoms with van der Waals surface area (Å²) in [6, 6.07) is 10.6. The summed E-state index contributed by atoms with van der Waals surface area (Å²) >= 11 is 1.77. The van der Waals surface area contributed by atoms with Crippen molar-refractivity contribution in [2.24, 2.45) is 10.9 Å². The number of hydrogen-bond acceptors (Lipinski definition) is 3. The SMILES string of the molecule is CCNC(=NCc1cc(C#N)ccc1F)NCC(C)Cc1cccs1.I. The van der Waals surface area contributed by atoms with Gasteiger partial charge in [-0.05, 0) is 48.9 Å². The van der Waals surface area contributed by atoms with Gasteiger partial charge in [-0.3, -0.25) is 0 Å². The largest absolute Gasteiger partial charge is 0.357 e. The number of halogens is 2. The van der Waals surface area contributed by atoms with Crippen LogP contribution in [-0.2, 0) is 13.0 Å². The van der Waals surface area contributed by atoms with E-state index < -0.39 is 0 Å². The van der Waals surface area contributed by atoms with E-state index in [1.165, 1.54) is 17.0 Å². The van der Waals surface area contributed by atoms with Crippen LogP contribution >= 0.6 is 35.3 Å². The van der Waals surface area contributed by atoms with Crippen molar-refractivity contribution in [3.05, 3.63) is 57.5 Å². The first-order chi connectivity index (χ1) is 12.1. The minimum absolute atomic E-state index is 0. The van der Waals surface area contributed by atoms with Crippen LogP contribution in [0.4, 0.5) is 4.39 Å². The number of rotatable bonds is 7. The van der Waals surface area contributed by atoms with Crippen LogP contribution < -0.4 is 10.6 Å². The molecule has 2 aromatic rings. The zero-order valence-corrected chi connectivity index (χ0v) is 18.1.